The molecular formula is C20H21F3N6O3S. The molecule has 2 saturated carbocycles. The standard InChI is InChI=1S/C20H21F3N6O3S/c21-20(22,23)14-6-13(18-26-19(32-27-18)12-4-5-12)7-17(8-14)33(30,31)28-15-2-1-3-16(9-15)29-10-24-25-11-29/h6-8,10-12,15-16,28H,1-5,9H2/t15-,16+/m0/s1. The van der Waals surface area contributed by atoms with Gasteiger partial charge < -0.3 is 9.09 Å². The summed E-state index contributed by atoms with van der Waals surface area (Å²) in [5.74, 6) is 0.406. The van der Waals surface area contributed by atoms with Crippen LogP contribution in [-0.4, -0.2) is 39.4 Å². The number of hydrogen-bond donors (Lipinski definition) is 1. The molecule has 33 heavy (non-hydrogen) atoms. The molecule has 2 heterocycles. The second-order valence-corrected chi connectivity index (χ2v) is 10.2. The number of benzene rings is 1. The maximum absolute atomic E-state index is 13.6. The second-order valence-electron chi connectivity index (χ2n) is 8.52. The molecule has 0 aliphatic heterocycles. The molecule has 0 bridgehead atoms. The van der Waals surface area contributed by atoms with Gasteiger partial charge in [-0.3, -0.25) is 0 Å². The molecule has 2 aromatic heterocycles. The van der Waals surface area contributed by atoms with Crippen LogP contribution in [0.4, 0.5) is 13.2 Å². The Hall–Kier alpha value is -2.80. The van der Waals surface area contributed by atoms with Crippen LogP contribution < -0.4 is 4.72 Å². The first-order chi connectivity index (χ1) is 15.7. The number of aromatic nitrogens is 5. The highest BCUT2D eigenvalue weighted by Gasteiger charge is 2.35. The van der Waals surface area contributed by atoms with Crippen molar-refractivity contribution in [1.29, 1.82) is 0 Å². The molecule has 13 heteroatoms. The zero-order valence-electron chi connectivity index (χ0n) is 17.4. The minimum Gasteiger partial charge on any atom is -0.339 e. The monoisotopic (exact) mass is 482 g/mol. The summed E-state index contributed by atoms with van der Waals surface area (Å²) in [5, 5.41) is 11.3. The summed E-state index contributed by atoms with van der Waals surface area (Å²) in [6.45, 7) is 0. The zero-order valence-corrected chi connectivity index (χ0v) is 18.2. The number of halogens is 3. The summed E-state index contributed by atoms with van der Waals surface area (Å²) in [6, 6.07) is 2.20. The minimum atomic E-state index is -4.74. The Labute approximate surface area is 187 Å². The minimum absolute atomic E-state index is 0.0127. The van der Waals surface area contributed by atoms with Crippen molar-refractivity contribution in [3.8, 4) is 11.4 Å². The maximum atomic E-state index is 13.6. The van der Waals surface area contributed by atoms with Crippen LogP contribution in [0, 0.1) is 0 Å². The molecule has 0 spiro atoms. The third kappa shape index (κ3) is 4.78. The van der Waals surface area contributed by atoms with Gasteiger partial charge in [0.15, 0.2) is 0 Å². The quantitative estimate of drug-likeness (QED) is 0.570. The molecule has 5 rings (SSSR count). The van der Waals surface area contributed by atoms with Crippen LogP contribution in [0.1, 0.15) is 61.9 Å². The fraction of sp³-hybridized carbons (Fsp3) is 0.500. The van der Waals surface area contributed by atoms with Gasteiger partial charge in [0, 0.05) is 23.6 Å². The third-order valence-electron chi connectivity index (χ3n) is 6.00. The van der Waals surface area contributed by atoms with Crippen LogP contribution in [0.5, 0.6) is 0 Å². The summed E-state index contributed by atoms with van der Waals surface area (Å²) >= 11 is 0. The molecule has 2 atom stereocenters. The largest absolute Gasteiger partial charge is 0.416 e. The Bertz CT molecular complexity index is 1240. The molecule has 0 unspecified atom stereocenters. The number of hydrogen-bond acceptors (Lipinski definition) is 7. The van der Waals surface area contributed by atoms with Crippen molar-refractivity contribution >= 4 is 10.0 Å². The number of nitrogens with one attached hydrogen (secondary N) is 1. The van der Waals surface area contributed by atoms with Crippen molar-refractivity contribution in [3.63, 3.8) is 0 Å². The van der Waals surface area contributed by atoms with Crippen LogP contribution >= 0.6 is 0 Å². The Kier molecular flexibility index (Phi) is 5.47. The molecule has 0 saturated heterocycles. The van der Waals surface area contributed by atoms with E-state index < -0.39 is 32.7 Å². The molecular weight excluding hydrogens is 461 g/mol. The molecule has 2 fully saturated rings. The molecule has 9 nitrogen and oxygen atoms in total. The fourth-order valence-corrected chi connectivity index (χ4v) is 5.48. The second kappa shape index (κ2) is 8.20. The van der Waals surface area contributed by atoms with E-state index in [9.17, 15) is 21.6 Å². The first kappa shape index (κ1) is 22.0. The number of rotatable bonds is 6. The van der Waals surface area contributed by atoms with Gasteiger partial charge in [-0.25, -0.2) is 13.1 Å². The fourth-order valence-electron chi connectivity index (χ4n) is 4.12. The molecule has 3 aromatic rings. The van der Waals surface area contributed by atoms with Gasteiger partial charge in [-0.2, -0.15) is 18.2 Å². The Morgan fingerprint density at radius 3 is 2.52 bits per heavy atom. The van der Waals surface area contributed by atoms with Gasteiger partial charge in [0.2, 0.25) is 21.7 Å². The Morgan fingerprint density at radius 2 is 1.82 bits per heavy atom. The van der Waals surface area contributed by atoms with Gasteiger partial charge in [0.25, 0.3) is 0 Å². The van der Waals surface area contributed by atoms with E-state index in [1.165, 1.54) is 0 Å². The van der Waals surface area contributed by atoms with E-state index in [4.69, 9.17) is 4.52 Å². The predicted molar refractivity (Wildman–Crippen MR) is 108 cm³/mol. The highest BCUT2D eigenvalue weighted by atomic mass is 32.2. The van der Waals surface area contributed by atoms with Gasteiger partial charge in [0.05, 0.1) is 10.5 Å². The van der Waals surface area contributed by atoms with Gasteiger partial charge in [0.1, 0.15) is 12.7 Å². The van der Waals surface area contributed by atoms with Crippen LogP contribution in [0.15, 0.2) is 40.3 Å². The average Bonchev–Trinajstić information content (AvgIpc) is 3.26. The van der Waals surface area contributed by atoms with Gasteiger partial charge in [-0.05, 0) is 56.7 Å². The SMILES string of the molecule is O=S(=O)(N[C@H]1CCC[C@@H](n2cnnc2)C1)c1cc(-c2noc(C3CC3)n2)cc(C(F)(F)F)c1. The van der Waals surface area contributed by atoms with E-state index in [0.717, 1.165) is 37.8 Å². The van der Waals surface area contributed by atoms with Crippen LogP contribution in [0.2, 0.25) is 0 Å². The number of sulfonamides is 1. The zero-order chi connectivity index (χ0) is 23.2. The highest BCUT2D eigenvalue weighted by molar-refractivity contribution is 7.89. The lowest BCUT2D eigenvalue weighted by Crippen LogP contribution is -2.38. The smallest absolute Gasteiger partial charge is 0.339 e. The van der Waals surface area contributed by atoms with Crippen molar-refractivity contribution in [1.82, 2.24) is 29.6 Å². The summed E-state index contributed by atoms with van der Waals surface area (Å²) < 4.78 is 76.5. The van der Waals surface area contributed by atoms with Crippen LogP contribution in [0.25, 0.3) is 11.4 Å². The Balaban J connectivity index is 1.43. The van der Waals surface area contributed by atoms with Gasteiger partial charge in [-0.1, -0.05) is 5.16 Å². The Morgan fingerprint density at radius 1 is 1.06 bits per heavy atom. The highest BCUT2D eigenvalue weighted by Crippen LogP contribution is 2.40. The average molecular weight is 482 g/mol. The normalized spacial score (nSPS) is 21.9. The van der Waals surface area contributed by atoms with E-state index >= 15 is 0 Å². The summed E-state index contributed by atoms with van der Waals surface area (Å²) in [7, 11) is -4.24. The molecule has 2 aliphatic carbocycles. The third-order valence-corrected chi connectivity index (χ3v) is 7.50. The first-order valence-corrected chi connectivity index (χ1v) is 12.1. The summed E-state index contributed by atoms with van der Waals surface area (Å²) in [4.78, 5) is 3.68. The van der Waals surface area contributed by atoms with Crippen molar-refractivity contribution in [3.05, 3.63) is 42.3 Å². The molecule has 1 N–H and O–H groups in total. The molecule has 0 radical (unpaired) electrons. The summed E-state index contributed by atoms with van der Waals surface area (Å²) in [5.41, 5.74) is -1.16. The lowest BCUT2D eigenvalue weighted by Gasteiger charge is -2.30. The summed E-state index contributed by atoms with van der Waals surface area (Å²) in [6.07, 6.45) is 2.83. The molecule has 0 amide bonds. The van der Waals surface area contributed by atoms with Crippen molar-refractivity contribution in [2.75, 3.05) is 0 Å². The van der Waals surface area contributed by atoms with E-state index in [-0.39, 0.29) is 23.3 Å². The van der Waals surface area contributed by atoms with Crippen molar-refractivity contribution in [2.24, 2.45) is 0 Å². The van der Waals surface area contributed by atoms with Crippen LogP contribution in [-0.2, 0) is 16.2 Å². The molecule has 1 aromatic carbocycles. The first-order valence-electron chi connectivity index (χ1n) is 10.6. The van der Waals surface area contributed by atoms with Crippen molar-refractivity contribution < 1.29 is 26.1 Å². The van der Waals surface area contributed by atoms with Crippen molar-refractivity contribution in [2.45, 2.75) is 67.6 Å². The maximum Gasteiger partial charge on any atom is 0.416 e. The number of alkyl halides is 3. The van der Waals surface area contributed by atoms with E-state index in [1.54, 1.807) is 12.7 Å². The topological polar surface area (TPSA) is 116 Å². The van der Waals surface area contributed by atoms with Crippen LogP contribution in [0.3, 0.4) is 0 Å². The lowest BCUT2D eigenvalue weighted by molar-refractivity contribution is -0.137. The van der Waals surface area contributed by atoms with E-state index in [0.29, 0.717) is 24.8 Å². The van der Waals surface area contributed by atoms with E-state index in [1.807, 2.05) is 4.57 Å². The van der Waals surface area contributed by atoms with Gasteiger partial charge >= 0.3 is 6.18 Å². The molecule has 2 aliphatic rings. The van der Waals surface area contributed by atoms with E-state index in [2.05, 4.69) is 25.1 Å². The number of nitrogens with zero attached hydrogens (tertiary/aromatic N) is 5. The predicted octanol–water partition coefficient (Wildman–Crippen LogP) is 3.69. The van der Waals surface area contributed by atoms with Gasteiger partial charge in [-0.15, -0.1) is 10.2 Å². The molecule has 176 valence electrons. The lowest BCUT2D eigenvalue weighted by atomic mass is 9.91.